The van der Waals surface area contributed by atoms with Crippen LogP contribution in [0.4, 0.5) is 0 Å². The van der Waals surface area contributed by atoms with Crippen LogP contribution in [0.5, 0.6) is 0 Å². The van der Waals surface area contributed by atoms with E-state index in [1.807, 2.05) is 13.8 Å². The van der Waals surface area contributed by atoms with Crippen molar-refractivity contribution in [3.8, 4) is 0 Å². The van der Waals surface area contributed by atoms with E-state index in [0.717, 1.165) is 13.0 Å². The van der Waals surface area contributed by atoms with Crippen LogP contribution in [0.2, 0.25) is 0 Å². The van der Waals surface area contributed by atoms with Crippen molar-refractivity contribution in [1.82, 2.24) is 5.32 Å². The van der Waals surface area contributed by atoms with Crippen LogP contribution in [0.25, 0.3) is 0 Å². The molecule has 1 aromatic carbocycles. The molecule has 1 N–H and O–H groups in total. The first kappa shape index (κ1) is 13.1. The lowest BCUT2D eigenvalue weighted by Gasteiger charge is -2.20. The van der Waals surface area contributed by atoms with Crippen molar-refractivity contribution >= 4 is 5.97 Å². The van der Waals surface area contributed by atoms with E-state index in [1.165, 1.54) is 11.1 Å². The number of carbonyl (C=O) groups excluding carboxylic acids is 1. The van der Waals surface area contributed by atoms with Gasteiger partial charge in [-0.1, -0.05) is 29.8 Å². The summed E-state index contributed by atoms with van der Waals surface area (Å²) in [7, 11) is 0. The average molecular weight is 247 g/mol. The van der Waals surface area contributed by atoms with Gasteiger partial charge >= 0.3 is 5.97 Å². The first-order valence-corrected chi connectivity index (χ1v) is 6.58. The normalized spacial score (nSPS) is 23.3. The van der Waals surface area contributed by atoms with E-state index in [9.17, 15) is 4.79 Å². The van der Waals surface area contributed by atoms with Gasteiger partial charge in [0.2, 0.25) is 0 Å². The summed E-state index contributed by atoms with van der Waals surface area (Å²) < 4.78 is 5.33. The topological polar surface area (TPSA) is 38.3 Å². The van der Waals surface area contributed by atoms with Gasteiger partial charge in [0, 0.05) is 6.04 Å². The first-order chi connectivity index (χ1) is 8.58. The predicted molar refractivity (Wildman–Crippen MR) is 71.3 cm³/mol. The van der Waals surface area contributed by atoms with E-state index >= 15 is 0 Å². The van der Waals surface area contributed by atoms with Gasteiger partial charge in [-0.15, -0.1) is 0 Å². The zero-order chi connectivity index (χ0) is 13.1. The Balaban J connectivity index is 2.12. The minimum atomic E-state index is -0.0828. The SMILES string of the molecule is Cc1ccc(C2NCC[C@@H]2C(=O)OC(C)C)cc1. The zero-order valence-electron chi connectivity index (χ0n) is 11.3. The number of hydrogen-bond acceptors (Lipinski definition) is 3. The number of benzene rings is 1. The highest BCUT2D eigenvalue weighted by Crippen LogP contribution is 2.30. The van der Waals surface area contributed by atoms with Crippen LogP contribution >= 0.6 is 0 Å². The molecule has 1 aliphatic heterocycles. The largest absolute Gasteiger partial charge is 0.463 e. The zero-order valence-corrected chi connectivity index (χ0v) is 11.3. The lowest BCUT2D eigenvalue weighted by molar-refractivity contribution is -0.152. The monoisotopic (exact) mass is 247 g/mol. The quantitative estimate of drug-likeness (QED) is 0.834. The molecular formula is C15H21NO2. The summed E-state index contributed by atoms with van der Waals surface area (Å²) >= 11 is 0. The fraction of sp³-hybridized carbons (Fsp3) is 0.533. The van der Waals surface area contributed by atoms with Crippen molar-refractivity contribution in [1.29, 1.82) is 0 Å². The molecular weight excluding hydrogens is 226 g/mol. The molecule has 0 radical (unpaired) electrons. The molecule has 0 amide bonds. The van der Waals surface area contributed by atoms with Gasteiger partial charge in [-0.05, 0) is 39.3 Å². The molecule has 2 rings (SSSR count). The lowest BCUT2D eigenvalue weighted by Crippen LogP contribution is -2.27. The molecule has 1 aliphatic rings. The standard InChI is InChI=1S/C15H21NO2/c1-10(2)18-15(17)13-8-9-16-14(13)12-6-4-11(3)5-7-12/h4-7,10,13-14,16H,8-9H2,1-3H3/t13-,14?/m0/s1. The third-order valence-corrected chi connectivity index (χ3v) is 3.31. The molecule has 3 nitrogen and oxygen atoms in total. The minimum Gasteiger partial charge on any atom is -0.463 e. The maximum absolute atomic E-state index is 12.0. The molecule has 98 valence electrons. The lowest BCUT2D eigenvalue weighted by atomic mass is 9.94. The van der Waals surface area contributed by atoms with Crippen LogP contribution in [0, 0.1) is 12.8 Å². The Morgan fingerprint density at radius 3 is 2.61 bits per heavy atom. The smallest absolute Gasteiger partial charge is 0.311 e. The Bertz CT molecular complexity index is 411. The molecule has 18 heavy (non-hydrogen) atoms. The predicted octanol–water partition coefficient (Wildman–Crippen LogP) is 2.60. The number of ether oxygens (including phenoxy) is 1. The fourth-order valence-electron chi connectivity index (χ4n) is 2.40. The van der Waals surface area contributed by atoms with Gasteiger partial charge in [-0.2, -0.15) is 0 Å². The Morgan fingerprint density at radius 1 is 1.33 bits per heavy atom. The molecule has 3 heteroatoms. The summed E-state index contributed by atoms with van der Waals surface area (Å²) in [6.07, 6.45) is 0.807. The van der Waals surface area contributed by atoms with E-state index in [-0.39, 0.29) is 24.0 Å². The number of hydrogen-bond donors (Lipinski definition) is 1. The van der Waals surface area contributed by atoms with Crippen LogP contribution in [-0.4, -0.2) is 18.6 Å². The van der Waals surface area contributed by atoms with Gasteiger partial charge < -0.3 is 10.1 Å². The van der Waals surface area contributed by atoms with Crippen molar-refractivity contribution in [3.05, 3.63) is 35.4 Å². The maximum Gasteiger partial charge on any atom is 0.311 e. The van der Waals surface area contributed by atoms with Crippen molar-refractivity contribution in [2.45, 2.75) is 39.3 Å². The minimum absolute atomic E-state index is 0.0447. The molecule has 1 saturated heterocycles. The van der Waals surface area contributed by atoms with Crippen LogP contribution in [-0.2, 0) is 9.53 Å². The van der Waals surface area contributed by atoms with Crippen LogP contribution < -0.4 is 5.32 Å². The second-order valence-electron chi connectivity index (χ2n) is 5.22. The molecule has 1 unspecified atom stereocenters. The molecule has 0 aliphatic carbocycles. The summed E-state index contributed by atoms with van der Waals surface area (Å²) in [5.74, 6) is -0.143. The maximum atomic E-state index is 12.0. The highest BCUT2D eigenvalue weighted by Gasteiger charge is 2.35. The molecule has 2 atom stereocenters. The molecule has 0 spiro atoms. The summed E-state index contributed by atoms with van der Waals surface area (Å²) in [4.78, 5) is 12.0. The summed E-state index contributed by atoms with van der Waals surface area (Å²) in [6.45, 7) is 6.72. The van der Waals surface area contributed by atoms with E-state index in [1.54, 1.807) is 0 Å². The number of aryl methyl sites for hydroxylation is 1. The van der Waals surface area contributed by atoms with Crippen LogP contribution in [0.15, 0.2) is 24.3 Å². The summed E-state index contributed by atoms with van der Waals surface area (Å²) in [6, 6.07) is 8.44. The third-order valence-electron chi connectivity index (χ3n) is 3.31. The second kappa shape index (κ2) is 5.53. The number of esters is 1. The van der Waals surface area contributed by atoms with Gasteiger partial charge in [-0.25, -0.2) is 0 Å². The highest BCUT2D eigenvalue weighted by molar-refractivity contribution is 5.74. The Morgan fingerprint density at radius 2 is 2.00 bits per heavy atom. The van der Waals surface area contributed by atoms with Crippen molar-refractivity contribution < 1.29 is 9.53 Å². The Labute approximate surface area is 109 Å². The van der Waals surface area contributed by atoms with Gasteiger partial charge in [0.25, 0.3) is 0 Å². The van der Waals surface area contributed by atoms with Crippen molar-refractivity contribution in [2.24, 2.45) is 5.92 Å². The third kappa shape index (κ3) is 2.91. The number of carbonyl (C=O) groups is 1. The molecule has 1 heterocycles. The number of nitrogens with one attached hydrogen (secondary N) is 1. The molecule has 0 bridgehead atoms. The van der Waals surface area contributed by atoms with Crippen molar-refractivity contribution in [2.75, 3.05) is 6.54 Å². The van der Waals surface area contributed by atoms with E-state index in [0.29, 0.717) is 0 Å². The molecule has 1 fully saturated rings. The van der Waals surface area contributed by atoms with Crippen molar-refractivity contribution in [3.63, 3.8) is 0 Å². The van der Waals surface area contributed by atoms with E-state index in [2.05, 4.69) is 36.5 Å². The Kier molecular flexibility index (Phi) is 4.02. The number of rotatable bonds is 3. The van der Waals surface area contributed by atoms with Gasteiger partial charge in [0.1, 0.15) is 0 Å². The van der Waals surface area contributed by atoms with E-state index < -0.39 is 0 Å². The van der Waals surface area contributed by atoms with Gasteiger partial charge in [0.05, 0.1) is 12.0 Å². The average Bonchev–Trinajstić information content (AvgIpc) is 2.78. The second-order valence-corrected chi connectivity index (χ2v) is 5.22. The van der Waals surface area contributed by atoms with Gasteiger partial charge in [0.15, 0.2) is 0 Å². The fourth-order valence-corrected chi connectivity index (χ4v) is 2.40. The van der Waals surface area contributed by atoms with Crippen LogP contribution in [0.1, 0.15) is 37.4 Å². The summed E-state index contributed by atoms with van der Waals surface area (Å²) in [5.41, 5.74) is 2.40. The summed E-state index contributed by atoms with van der Waals surface area (Å²) in [5, 5.41) is 3.40. The molecule has 1 aromatic rings. The molecule has 0 aromatic heterocycles. The Hall–Kier alpha value is -1.35. The first-order valence-electron chi connectivity index (χ1n) is 6.58. The molecule has 0 saturated carbocycles. The van der Waals surface area contributed by atoms with Crippen LogP contribution in [0.3, 0.4) is 0 Å². The highest BCUT2D eigenvalue weighted by atomic mass is 16.5. The van der Waals surface area contributed by atoms with Gasteiger partial charge in [-0.3, -0.25) is 4.79 Å². The van der Waals surface area contributed by atoms with E-state index in [4.69, 9.17) is 4.74 Å².